The maximum absolute atomic E-state index is 13.0. The highest BCUT2D eigenvalue weighted by molar-refractivity contribution is 5.87. The molecule has 0 aliphatic heterocycles. The monoisotopic (exact) mass is 375 g/mol. The van der Waals surface area contributed by atoms with Crippen molar-refractivity contribution in [3.8, 4) is 5.75 Å². The Bertz CT molecular complexity index is 898. The molecule has 0 aliphatic carbocycles. The van der Waals surface area contributed by atoms with Gasteiger partial charge in [-0.25, -0.2) is 4.79 Å². The van der Waals surface area contributed by atoms with Crippen LogP contribution in [0, 0.1) is 0 Å². The van der Waals surface area contributed by atoms with E-state index >= 15 is 0 Å². The smallest absolute Gasteiger partial charge is 0.326 e. The maximum atomic E-state index is 13.0. The Labute approximate surface area is 163 Å². The molecule has 0 spiro atoms. The molecule has 2 atom stereocenters. The topological polar surface area (TPSA) is 75.6 Å². The van der Waals surface area contributed by atoms with Crippen molar-refractivity contribution in [2.24, 2.45) is 0 Å². The summed E-state index contributed by atoms with van der Waals surface area (Å²) in [6, 6.07) is 26.1. The van der Waals surface area contributed by atoms with E-state index in [9.17, 15) is 14.7 Å². The Balaban J connectivity index is 1.80. The number of carboxylic acid groups (broad SMARTS) is 1. The summed E-state index contributed by atoms with van der Waals surface area (Å²) in [4.78, 5) is 24.7. The van der Waals surface area contributed by atoms with Crippen LogP contribution < -0.4 is 10.1 Å². The lowest BCUT2D eigenvalue weighted by Crippen LogP contribution is -2.45. The van der Waals surface area contributed by atoms with E-state index in [4.69, 9.17) is 4.74 Å². The number of carbonyl (C=O) groups is 2. The third kappa shape index (κ3) is 5.20. The molecule has 0 saturated carbocycles. The second-order valence-electron chi connectivity index (χ2n) is 6.31. The van der Waals surface area contributed by atoms with Gasteiger partial charge in [-0.1, -0.05) is 78.9 Å². The van der Waals surface area contributed by atoms with Crippen LogP contribution in [0.15, 0.2) is 91.0 Å². The number of aliphatic carboxylic acids is 1. The van der Waals surface area contributed by atoms with Gasteiger partial charge in [0, 0.05) is 12.0 Å². The van der Waals surface area contributed by atoms with Gasteiger partial charge in [-0.05, 0) is 17.7 Å². The first-order valence-electron chi connectivity index (χ1n) is 8.97. The van der Waals surface area contributed by atoms with Crippen molar-refractivity contribution >= 4 is 11.9 Å². The van der Waals surface area contributed by atoms with E-state index in [0.717, 1.165) is 5.56 Å². The molecular weight excluding hydrogens is 354 g/mol. The molecular formula is C23H21NO4. The average molecular weight is 375 g/mol. The molecule has 2 N–H and O–H groups in total. The van der Waals surface area contributed by atoms with Gasteiger partial charge in [0.15, 0.2) is 0 Å². The molecule has 0 bridgehead atoms. The van der Waals surface area contributed by atoms with Crippen LogP contribution in [0.5, 0.6) is 5.75 Å². The predicted octanol–water partition coefficient (Wildman–Crippen LogP) is 3.62. The lowest BCUT2D eigenvalue weighted by atomic mass is 10.0. The molecule has 0 radical (unpaired) electrons. The maximum Gasteiger partial charge on any atom is 0.326 e. The van der Waals surface area contributed by atoms with Crippen molar-refractivity contribution in [3.05, 3.63) is 102 Å². The molecule has 28 heavy (non-hydrogen) atoms. The van der Waals surface area contributed by atoms with Gasteiger partial charge in [0.2, 0.25) is 6.10 Å². The fraction of sp³-hybridized carbons (Fsp3) is 0.130. The van der Waals surface area contributed by atoms with E-state index in [2.05, 4.69) is 5.32 Å². The van der Waals surface area contributed by atoms with Crippen molar-refractivity contribution < 1.29 is 19.4 Å². The number of para-hydroxylation sites is 1. The second kappa shape index (κ2) is 9.37. The minimum Gasteiger partial charge on any atom is -0.480 e. The summed E-state index contributed by atoms with van der Waals surface area (Å²) in [7, 11) is 0. The number of rotatable bonds is 8. The molecule has 0 heterocycles. The zero-order valence-electron chi connectivity index (χ0n) is 15.2. The summed E-state index contributed by atoms with van der Waals surface area (Å²) in [5.41, 5.74) is 1.48. The molecule has 2 unspecified atom stereocenters. The highest BCUT2D eigenvalue weighted by Crippen LogP contribution is 2.22. The molecule has 0 fully saturated rings. The van der Waals surface area contributed by atoms with Crippen LogP contribution in [0.2, 0.25) is 0 Å². The highest BCUT2D eigenvalue weighted by Gasteiger charge is 2.28. The Morgan fingerprint density at radius 3 is 1.93 bits per heavy atom. The zero-order valence-corrected chi connectivity index (χ0v) is 15.2. The first-order valence-corrected chi connectivity index (χ1v) is 8.97. The minimum absolute atomic E-state index is 0.189. The molecule has 142 valence electrons. The Hall–Kier alpha value is -3.60. The number of benzene rings is 3. The van der Waals surface area contributed by atoms with Gasteiger partial charge < -0.3 is 15.2 Å². The minimum atomic E-state index is -1.09. The molecule has 0 saturated heterocycles. The molecule has 0 aromatic heterocycles. The third-order valence-corrected chi connectivity index (χ3v) is 4.23. The fourth-order valence-electron chi connectivity index (χ4n) is 2.83. The summed E-state index contributed by atoms with van der Waals surface area (Å²) in [6.45, 7) is 0. The SMILES string of the molecule is O=C(O)C(Cc1ccccc1)NC(=O)C(Oc1ccccc1)c1ccccc1. The Morgan fingerprint density at radius 2 is 1.36 bits per heavy atom. The van der Waals surface area contributed by atoms with Crippen LogP contribution in [-0.4, -0.2) is 23.0 Å². The van der Waals surface area contributed by atoms with Gasteiger partial charge in [-0.15, -0.1) is 0 Å². The summed E-state index contributed by atoms with van der Waals surface area (Å²) in [6.07, 6.45) is -0.768. The molecule has 1 amide bonds. The number of hydrogen-bond acceptors (Lipinski definition) is 3. The summed E-state index contributed by atoms with van der Waals surface area (Å²) in [5, 5.41) is 12.2. The van der Waals surface area contributed by atoms with Crippen LogP contribution in [-0.2, 0) is 16.0 Å². The van der Waals surface area contributed by atoms with Gasteiger partial charge in [0.1, 0.15) is 11.8 Å². The summed E-state index contributed by atoms with van der Waals surface area (Å²) >= 11 is 0. The number of nitrogens with one attached hydrogen (secondary N) is 1. The standard InChI is InChI=1S/C23H21NO4/c25-22(24-20(23(26)27)16-17-10-4-1-5-11-17)21(18-12-6-2-7-13-18)28-19-14-8-3-9-15-19/h1-15,20-21H,16H2,(H,24,25)(H,26,27). The molecule has 3 aromatic carbocycles. The van der Waals surface area contributed by atoms with E-state index in [1.807, 2.05) is 66.7 Å². The van der Waals surface area contributed by atoms with Gasteiger partial charge in [0.25, 0.3) is 5.91 Å². The van der Waals surface area contributed by atoms with Crippen molar-refractivity contribution in [2.75, 3.05) is 0 Å². The third-order valence-electron chi connectivity index (χ3n) is 4.23. The lowest BCUT2D eigenvalue weighted by molar-refractivity contribution is -0.143. The summed E-state index contributed by atoms with van der Waals surface area (Å²) < 4.78 is 5.89. The van der Waals surface area contributed by atoms with E-state index < -0.39 is 24.0 Å². The average Bonchev–Trinajstić information content (AvgIpc) is 2.73. The number of carboxylic acids is 1. The molecule has 5 heteroatoms. The lowest BCUT2D eigenvalue weighted by Gasteiger charge is -2.22. The fourth-order valence-corrected chi connectivity index (χ4v) is 2.83. The number of hydrogen-bond donors (Lipinski definition) is 2. The second-order valence-corrected chi connectivity index (χ2v) is 6.31. The highest BCUT2D eigenvalue weighted by atomic mass is 16.5. The van der Waals surface area contributed by atoms with E-state index in [1.165, 1.54) is 0 Å². The number of ether oxygens (including phenoxy) is 1. The van der Waals surface area contributed by atoms with Crippen molar-refractivity contribution in [3.63, 3.8) is 0 Å². The van der Waals surface area contributed by atoms with E-state index in [1.54, 1.807) is 24.3 Å². The van der Waals surface area contributed by atoms with Crippen LogP contribution in [0.3, 0.4) is 0 Å². The zero-order chi connectivity index (χ0) is 19.8. The Kier molecular flexibility index (Phi) is 6.41. The van der Waals surface area contributed by atoms with E-state index in [0.29, 0.717) is 11.3 Å². The van der Waals surface area contributed by atoms with Gasteiger partial charge in [0.05, 0.1) is 0 Å². The molecule has 5 nitrogen and oxygen atoms in total. The van der Waals surface area contributed by atoms with Crippen LogP contribution in [0.25, 0.3) is 0 Å². The number of amides is 1. The van der Waals surface area contributed by atoms with Crippen LogP contribution in [0.4, 0.5) is 0 Å². The predicted molar refractivity (Wildman–Crippen MR) is 106 cm³/mol. The summed E-state index contributed by atoms with van der Waals surface area (Å²) in [5.74, 6) is -1.07. The molecule has 0 aliphatic rings. The van der Waals surface area contributed by atoms with E-state index in [-0.39, 0.29) is 6.42 Å². The quantitative estimate of drug-likeness (QED) is 0.631. The number of carbonyl (C=O) groups excluding carboxylic acids is 1. The first kappa shape index (κ1) is 19.2. The van der Waals surface area contributed by atoms with Gasteiger partial charge in [-0.3, -0.25) is 4.79 Å². The largest absolute Gasteiger partial charge is 0.480 e. The first-order chi connectivity index (χ1) is 13.6. The van der Waals surface area contributed by atoms with Gasteiger partial charge in [-0.2, -0.15) is 0 Å². The van der Waals surface area contributed by atoms with Crippen molar-refractivity contribution in [1.82, 2.24) is 5.32 Å². The molecule has 3 aromatic rings. The van der Waals surface area contributed by atoms with Crippen LogP contribution in [0.1, 0.15) is 17.2 Å². The Morgan fingerprint density at radius 1 is 0.821 bits per heavy atom. The van der Waals surface area contributed by atoms with Crippen molar-refractivity contribution in [1.29, 1.82) is 0 Å². The van der Waals surface area contributed by atoms with Crippen molar-refractivity contribution in [2.45, 2.75) is 18.6 Å². The normalized spacial score (nSPS) is 12.6. The molecule has 3 rings (SSSR count). The van der Waals surface area contributed by atoms with Gasteiger partial charge >= 0.3 is 5.97 Å². The van der Waals surface area contributed by atoms with Crippen LogP contribution >= 0.6 is 0 Å².